The largest absolute Gasteiger partial charge is 0.462 e. The van der Waals surface area contributed by atoms with Crippen molar-refractivity contribution in [3.63, 3.8) is 0 Å². The average Bonchev–Trinajstić information content (AvgIpc) is 2.83. The molecule has 318 valence electrons. The van der Waals surface area contributed by atoms with Gasteiger partial charge in [-0.05, 0) is 125 Å². The zero-order valence-corrected chi connectivity index (χ0v) is 37.7. The Labute approximate surface area is 332 Å². The number of esters is 4. The summed E-state index contributed by atoms with van der Waals surface area (Å²) in [5, 5.41) is 14.3. The highest BCUT2D eigenvalue weighted by atomic mass is 16.6. The van der Waals surface area contributed by atoms with Gasteiger partial charge in [-0.15, -0.1) is 0 Å². The van der Waals surface area contributed by atoms with Gasteiger partial charge in [0.1, 0.15) is 24.4 Å². The topological polar surface area (TPSA) is 153 Å². The molecule has 0 aromatic carbocycles. The lowest BCUT2D eigenvalue weighted by molar-refractivity contribution is -0.189. The molecule has 2 unspecified atom stereocenters. The van der Waals surface area contributed by atoms with E-state index in [-0.39, 0.29) is 38.8 Å². The molecular weight excluding hydrogens is 700 g/mol. The quantitative estimate of drug-likeness (QED) is 0.100. The number of carbonyl (C=O) groups is 4. The summed E-state index contributed by atoms with van der Waals surface area (Å²) < 4.78 is 24.5. The molecule has 55 heavy (non-hydrogen) atoms. The van der Waals surface area contributed by atoms with E-state index in [4.69, 9.17) is 18.9 Å². The molecular formula is C43H78N4O8. The predicted molar refractivity (Wildman–Crippen MR) is 215 cm³/mol. The highest BCUT2D eigenvalue weighted by Crippen LogP contribution is 2.36. The third-order valence-corrected chi connectivity index (χ3v) is 10.5. The summed E-state index contributed by atoms with van der Waals surface area (Å²) in [7, 11) is 0. The number of carbonyl (C=O) groups excluding carboxylic acids is 4. The van der Waals surface area contributed by atoms with Crippen LogP contribution in [0.3, 0.4) is 0 Å². The molecule has 0 spiro atoms. The summed E-state index contributed by atoms with van der Waals surface area (Å²) in [6.45, 7) is 36.2. The van der Waals surface area contributed by atoms with Crippen molar-refractivity contribution in [2.45, 2.75) is 238 Å². The lowest BCUT2D eigenvalue weighted by atomic mass is 9.80. The third kappa shape index (κ3) is 14.9. The lowest BCUT2D eigenvalue weighted by Crippen LogP contribution is -2.61. The number of nitrogens with one attached hydrogen (secondary N) is 4. The highest BCUT2D eigenvalue weighted by molar-refractivity contribution is 6.07. The summed E-state index contributed by atoms with van der Waals surface area (Å²) in [4.78, 5) is 58.3. The van der Waals surface area contributed by atoms with Crippen LogP contribution in [-0.2, 0) is 38.1 Å². The van der Waals surface area contributed by atoms with E-state index in [2.05, 4.69) is 42.0 Å². The van der Waals surface area contributed by atoms with E-state index in [0.29, 0.717) is 44.9 Å². The molecule has 12 heteroatoms. The van der Waals surface area contributed by atoms with Gasteiger partial charge in [-0.2, -0.15) is 0 Å². The first-order valence-corrected chi connectivity index (χ1v) is 20.5. The van der Waals surface area contributed by atoms with Crippen LogP contribution in [-0.4, -0.2) is 92.6 Å². The van der Waals surface area contributed by atoms with Gasteiger partial charge in [0, 0.05) is 89.3 Å². The first kappa shape index (κ1) is 47.1. The number of piperidine rings is 3. The van der Waals surface area contributed by atoms with Crippen molar-refractivity contribution in [2.75, 3.05) is 0 Å². The van der Waals surface area contributed by atoms with Crippen LogP contribution in [0, 0.1) is 11.8 Å². The monoisotopic (exact) mass is 779 g/mol. The van der Waals surface area contributed by atoms with Crippen LogP contribution >= 0.6 is 0 Å². The lowest BCUT2D eigenvalue weighted by Gasteiger charge is -2.47. The van der Waals surface area contributed by atoms with Crippen molar-refractivity contribution >= 4 is 23.9 Å². The zero-order chi connectivity index (χ0) is 42.4. The number of hydrogen-bond donors (Lipinski definition) is 4. The molecule has 0 amide bonds. The predicted octanol–water partition coefficient (Wildman–Crippen LogP) is 6.26. The van der Waals surface area contributed by atoms with Crippen LogP contribution in [0.25, 0.3) is 0 Å². The van der Waals surface area contributed by atoms with Crippen molar-refractivity contribution in [1.29, 1.82) is 0 Å². The van der Waals surface area contributed by atoms with Crippen molar-refractivity contribution < 1.29 is 38.1 Å². The Morgan fingerprint density at radius 1 is 0.527 bits per heavy atom. The molecule has 0 aromatic rings. The van der Waals surface area contributed by atoms with Crippen LogP contribution in [0.5, 0.6) is 0 Å². The van der Waals surface area contributed by atoms with Crippen LogP contribution in [0.4, 0.5) is 0 Å². The Bertz CT molecular complexity index is 1310. The molecule has 2 atom stereocenters. The minimum absolute atomic E-state index is 0.218. The molecule has 3 saturated heterocycles. The SMILES string of the molecule is CC(CC(C)(C)NC(C)(C)C)OC(=O)C(C(=O)OC1CC(C)(C)NC(C)(C)C1)C(C(=O)OC1CC(C)(C)NC(C)(C)C1)C(=O)OC1CC(C)(C)NC(C)(C)C1. The molecule has 3 heterocycles. The minimum Gasteiger partial charge on any atom is -0.462 e. The van der Waals surface area contributed by atoms with Crippen molar-refractivity contribution in [2.24, 2.45) is 11.8 Å². The molecule has 4 N–H and O–H groups in total. The van der Waals surface area contributed by atoms with Crippen molar-refractivity contribution in [3.8, 4) is 0 Å². The molecule has 3 rings (SSSR count). The first-order valence-electron chi connectivity index (χ1n) is 20.5. The van der Waals surface area contributed by atoms with E-state index in [1.165, 1.54) is 0 Å². The normalized spacial score (nSPS) is 25.0. The molecule has 0 bridgehead atoms. The van der Waals surface area contributed by atoms with Gasteiger partial charge in [-0.25, -0.2) is 0 Å². The van der Waals surface area contributed by atoms with E-state index < -0.39 is 65.7 Å². The number of hydrogen-bond acceptors (Lipinski definition) is 12. The Balaban J connectivity index is 2.08. The highest BCUT2D eigenvalue weighted by Gasteiger charge is 2.53. The van der Waals surface area contributed by atoms with Gasteiger partial charge in [0.15, 0.2) is 11.8 Å². The molecule has 0 aliphatic carbocycles. The molecule has 3 fully saturated rings. The fourth-order valence-corrected chi connectivity index (χ4v) is 10.5. The van der Waals surface area contributed by atoms with E-state index >= 15 is 0 Å². The van der Waals surface area contributed by atoms with E-state index in [1.54, 1.807) is 6.92 Å². The Morgan fingerprint density at radius 2 is 0.782 bits per heavy atom. The smallest absolute Gasteiger partial charge is 0.322 e. The average molecular weight is 779 g/mol. The summed E-state index contributed by atoms with van der Waals surface area (Å²) in [6, 6.07) is 0. The van der Waals surface area contributed by atoms with Crippen molar-refractivity contribution in [3.05, 3.63) is 0 Å². The van der Waals surface area contributed by atoms with Crippen molar-refractivity contribution in [1.82, 2.24) is 21.3 Å². The van der Waals surface area contributed by atoms with Crippen LogP contribution in [0.1, 0.15) is 170 Å². The molecule has 0 saturated carbocycles. The number of ether oxygens (including phenoxy) is 4. The van der Waals surface area contributed by atoms with Gasteiger partial charge in [-0.1, -0.05) is 0 Å². The molecule has 12 nitrogen and oxygen atoms in total. The van der Waals surface area contributed by atoms with Gasteiger partial charge < -0.3 is 40.2 Å². The minimum atomic E-state index is -1.95. The maximum atomic E-state index is 14.6. The van der Waals surface area contributed by atoms with Gasteiger partial charge in [0.2, 0.25) is 0 Å². The maximum absolute atomic E-state index is 14.6. The second-order valence-electron chi connectivity index (χ2n) is 22.7. The van der Waals surface area contributed by atoms with Gasteiger partial charge in [0.25, 0.3) is 0 Å². The molecule has 3 aliphatic rings. The summed E-state index contributed by atoms with van der Waals surface area (Å²) in [6.07, 6.45) is 0.723. The Kier molecular flexibility index (Phi) is 13.8. The van der Waals surface area contributed by atoms with E-state index in [0.717, 1.165) is 0 Å². The molecule has 0 aromatic heterocycles. The third-order valence-electron chi connectivity index (χ3n) is 10.5. The fourth-order valence-electron chi connectivity index (χ4n) is 10.5. The van der Waals surface area contributed by atoms with Crippen LogP contribution < -0.4 is 21.3 Å². The van der Waals surface area contributed by atoms with Gasteiger partial charge in [-0.3, -0.25) is 19.2 Å². The van der Waals surface area contributed by atoms with Gasteiger partial charge >= 0.3 is 23.9 Å². The Morgan fingerprint density at radius 3 is 1.04 bits per heavy atom. The summed E-state index contributed by atoms with van der Waals surface area (Å²) in [5.74, 6) is -7.91. The molecule has 3 aliphatic heterocycles. The van der Waals surface area contributed by atoms with E-state index in [9.17, 15) is 19.2 Å². The van der Waals surface area contributed by atoms with Crippen LogP contribution in [0.15, 0.2) is 0 Å². The van der Waals surface area contributed by atoms with Crippen LogP contribution in [0.2, 0.25) is 0 Å². The van der Waals surface area contributed by atoms with Gasteiger partial charge in [0.05, 0.1) is 0 Å². The summed E-state index contributed by atoms with van der Waals surface area (Å²) in [5.41, 5.74) is -2.99. The fraction of sp³-hybridized carbons (Fsp3) is 0.907. The zero-order valence-electron chi connectivity index (χ0n) is 37.7. The maximum Gasteiger partial charge on any atom is 0.322 e. The standard InChI is InChI=1S/C43H78N4O8/c1-26(19-37(5,6)44-36(2,3)4)52-32(48)30(33(49)53-27-20-38(7,8)45-39(9,10)21-27)31(34(50)54-28-22-40(11,12)46-41(13,14)23-28)35(51)55-29-24-42(15,16)47-43(17,18)25-29/h26-31,44-47H,19-25H2,1-18H3. The number of rotatable bonds is 12. The second kappa shape index (κ2) is 16.2. The second-order valence-corrected chi connectivity index (χ2v) is 22.7. The summed E-state index contributed by atoms with van der Waals surface area (Å²) >= 11 is 0. The van der Waals surface area contributed by atoms with E-state index in [1.807, 2.05) is 96.9 Å². The first-order chi connectivity index (χ1) is 24.5. The Hall–Kier alpha value is -2.28. The molecule has 0 radical (unpaired) electrons.